The molecule has 0 spiro atoms. The minimum atomic E-state index is 0.637. The highest BCUT2D eigenvalue weighted by atomic mass is 35.5. The molecule has 1 aromatic carbocycles. The number of hydrogen-bond acceptors (Lipinski definition) is 2. The molecule has 0 fully saturated rings. The minimum absolute atomic E-state index is 0.637. The van der Waals surface area contributed by atoms with Crippen molar-refractivity contribution in [1.82, 2.24) is 0 Å². The van der Waals surface area contributed by atoms with E-state index >= 15 is 0 Å². The zero-order chi connectivity index (χ0) is 10.9. The molecule has 0 saturated heterocycles. The Morgan fingerprint density at radius 1 is 1.20 bits per heavy atom. The molecule has 1 rings (SSSR count). The van der Waals surface area contributed by atoms with Crippen LogP contribution in [0.25, 0.3) is 0 Å². The molecular weight excluding hydrogens is 244 g/mol. The first-order chi connectivity index (χ1) is 7.33. The molecular formula is C12H17ClS2. The highest BCUT2D eigenvalue weighted by Gasteiger charge is 1.99. The maximum atomic E-state index is 5.74. The van der Waals surface area contributed by atoms with Crippen molar-refractivity contribution in [3.8, 4) is 0 Å². The van der Waals surface area contributed by atoms with E-state index in [0.717, 1.165) is 5.88 Å². The Balaban J connectivity index is 2.03. The molecule has 0 bridgehead atoms. The molecule has 1 unspecified atom stereocenters. The fourth-order valence-corrected chi connectivity index (χ4v) is 3.38. The van der Waals surface area contributed by atoms with Gasteiger partial charge in [-0.2, -0.15) is 11.8 Å². The summed E-state index contributed by atoms with van der Waals surface area (Å²) >= 11 is 9.67. The molecule has 0 heterocycles. The van der Waals surface area contributed by atoms with Gasteiger partial charge in [0.15, 0.2) is 0 Å². The standard InChI is InChI=1S/C12H17ClS2/c1-11(9-13)10-14-7-8-15-12-5-3-2-4-6-12/h2-6,11H,7-10H2,1H3. The van der Waals surface area contributed by atoms with Crippen LogP contribution in [0.5, 0.6) is 0 Å². The van der Waals surface area contributed by atoms with Crippen molar-refractivity contribution in [2.45, 2.75) is 11.8 Å². The van der Waals surface area contributed by atoms with Crippen molar-refractivity contribution in [3.63, 3.8) is 0 Å². The van der Waals surface area contributed by atoms with E-state index < -0.39 is 0 Å². The monoisotopic (exact) mass is 260 g/mol. The van der Waals surface area contributed by atoms with Crippen LogP contribution >= 0.6 is 35.1 Å². The van der Waals surface area contributed by atoms with Crippen molar-refractivity contribution in [1.29, 1.82) is 0 Å². The maximum Gasteiger partial charge on any atom is 0.0257 e. The Kier molecular flexibility index (Phi) is 7.41. The molecule has 0 radical (unpaired) electrons. The zero-order valence-electron chi connectivity index (χ0n) is 8.99. The SMILES string of the molecule is CC(CCl)CSCCSc1ccccc1. The summed E-state index contributed by atoms with van der Waals surface area (Å²) in [7, 11) is 0. The van der Waals surface area contributed by atoms with Gasteiger partial charge in [0.25, 0.3) is 0 Å². The molecule has 0 saturated carbocycles. The molecule has 0 aliphatic carbocycles. The number of benzene rings is 1. The summed E-state index contributed by atoms with van der Waals surface area (Å²) in [6, 6.07) is 10.6. The maximum absolute atomic E-state index is 5.74. The van der Waals surface area contributed by atoms with Gasteiger partial charge in [0, 0.05) is 22.3 Å². The van der Waals surface area contributed by atoms with Gasteiger partial charge < -0.3 is 0 Å². The Hall–Kier alpha value is 0.210. The normalized spacial score (nSPS) is 12.7. The lowest BCUT2D eigenvalue weighted by atomic mass is 10.3. The smallest absolute Gasteiger partial charge is 0.0257 e. The Morgan fingerprint density at radius 2 is 1.93 bits per heavy atom. The summed E-state index contributed by atoms with van der Waals surface area (Å²) < 4.78 is 0. The molecule has 0 aliphatic rings. The van der Waals surface area contributed by atoms with Gasteiger partial charge in [0.2, 0.25) is 0 Å². The summed E-state index contributed by atoms with van der Waals surface area (Å²) in [4.78, 5) is 1.36. The molecule has 0 aliphatic heterocycles. The van der Waals surface area contributed by atoms with E-state index in [4.69, 9.17) is 11.6 Å². The van der Waals surface area contributed by atoms with Crippen molar-refractivity contribution < 1.29 is 0 Å². The van der Waals surface area contributed by atoms with Gasteiger partial charge in [-0.25, -0.2) is 0 Å². The quantitative estimate of drug-likeness (QED) is 0.405. The van der Waals surface area contributed by atoms with Gasteiger partial charge in [-0.05, 0) is 23.8 Å². The Morgan fingerprint density at radius 3 is 2.60 bits per heavy atom. The van der Waals surface area contributed by atoms with E-state index in [-0.39, 0.29) is 0 Å². The summed E-state index contributed by atoms with van der Waals surface area (Å²) in [6.07, 6.45) is 0. The number of thioether (sulfide) groups is 2. The average Bonchev–Trinajstić information content (AvgIpc) is 2.29. The molecule has 0 nitrogen and oxygen atoms in total. The molecule has 15 heavy (non-hydrogen) atoms. The zero-order valence-corrected chi connectivity index (χ0v) is 11.4. The second-order valence-electron chi connectivity index (χ2n) is 3.50. The number of alkyl halides is 1. The van der Waals surface area contributed by atoms with Crippen molar-refractivity contribution in [2.24, 2.45) is 5.92 Å². The van der Waals surface area contributed by atoms with Gasteiger partial charge in [-0.1, -0.05) is 25.1 Å². The molecule has 1 aromatic rings. The van der Waals surface area contributed by atoms with Gasteiger partial charge in [0.05, 0.1) is 0 Å². The van der Waals surface area contributed by atoms with Crippen LogP contribution < -0.4 is 0 Å². The van der Waals surface area contributed by atoms with Crippen LogP contribution in [0, 0.1) is 5.92 Å². The second kappa shape index (κ2) is 8.37. The third-order valence-corrected chi connectivity index (χ3v) is 5.00. The first kappa shape index (κ1) is 13.3. The summed E-state index contributed by atoms with van der Waals surface area (Å²) in [5.41, 5.74) is 0. The van der Waals surface area contributed by atoms with Gasteiger partial charge in [-0.3, -0.25) is 0 Å². The van der Waals surface area contributed by atoms with Crippen molar-refractivity contribution >= 4 is 35.1 Å². The van der Waals surface area contributed by atoms with E-state index in [1.807, 2.05) is 23.5 Å². The van der Waals surface area contributed by atoms with Crippen molar-refractivity contribution in [3.05, 3.63) is 30.3 Å². The molecule has 0 aromatic heterocycles. The van der Waals surface area contributed by atoms with E-state index in [2.05, 4.69) is 37.3 Å². The molecule has 0 amide bonds. The lowest BCUT2D eigenvalue weighted by Gasteiger charge is -2.06. The fraction of sp³-hybridized carbons (Fsp3) is 0.500. The second-order valence-corrected chi connectivity index (χ2v) is 6.12. The van der Waals surface area contributed by atoms with Gasteiger partial charge >= 0.3 is 0 Å². The van der Waals surface area contributed by atoms with Crippen LogP contribution in [0.2, 0.25) is 0 Å². The lowest BCUT2D eigenvalue weighted by Crippen LogP contribution is -2.00. The Bertz CT molecular complexity index is 251. The Labute approximate surface area is 106 Å². The highest BCUT2D eigenvalue weighted by molar-refractivity contribution is 8.02. The number of hydrogen-bond donors (Lipinski definition) is 0. The third-order valence-electron chi connectivity index (χ3n) is 1.91. The minimum Gasteiger partial charge on any atom is -0.161 e. The van der Waals surface area contributed by atoms with Crippen LogP contribution in [0.1, 0.15) is 6.92 Å². The van der Waals surface area contributed by atoms with E-state index in [0.29, 0.717) is 5.92 Å². The third kappa shape index (κ3) is 6.39. The fourth-order valence-electron chi connectivity index (χ4n) is 1.06. The van der Waals surface area contributed by atoms with Crippen LogP contribution in [-0.4, -0.2) is 23.1 Å². The van der Waals surface area contributed by atoms with Gasteiger partial charge in [-0.15, -0.1) is 23.4 Å². The van der Waals surface area contributed by atoms with Gasteiger partial charge in [0.1, 0.15) is 0 Å². The largest absolute Gasteiger partial charge is 0.161 e. The van der Waals surface area contributed by atoms with E-state index in [9.17, 15) is 0 Å². The first-order valence-corrected chi connectivity index (χ1v) is 7.82. The number of rotatable bonds is 7. The summed E-state index contributed by atoms with van der Waals surface area (Å²) in [5, 5.41) is 0. The average molecular weight is 261 g/mol. The van der Waals surface area contributed by atoms with Crippen LogP contribution in [0.3, 0.4) is 0 Å². The molecule has 1 atom stereocenters. The molecule has 84 valence electrons. The summed E-state index contributed by atoms with van der Waals surface area (Å²) in [6.45, 7) is 2.20. The van der Waals surface area contributed by atoms with Crippen LogP contribution in [0.4, 0.5) is 0 Å². The van der Waals surface area contributed by atoms with E-state index in [1.54, 1.807) is 0 Å². The lowest BCUT2D eigenvalue weighted by molar-refractivity contribution is 0.759. The van der Waals surface area contributed by atoms with E-state index in [1.165, 1.54) is 22.2 Å². The highest BCUT2D eigenvalue weighted by Crippen LogP contribution is 2.19. The topological polar surface area (TPSA) is 0 Å². The molecule has 3 heteroatoms. The predicted molar refractivity (Wildman–Crippen MR) is 74.4 cm³/mol. The predicted octanol–water partition coefficient (Wildman–Crippen LogP) is 4.39. The summed E-state index contributed by atoms with van der Waals surface area (Å²) in [5.74, 6) is 4.99. The van der Waals surface area contributed by atoms with Crippen LogP contribution in [-0.2, 0) is 0 Å². The number of halogens is 1. The van der Waals surface area contributed by atoms with Crippen molar-refractivity contribution in [2.75, 3.05) is 23.1 Å². The van der Waals surface area contributed by atoms with Crippen LogP contribution in [0.15, 0.2) is 35.2 Å². The molecule has 0 N–H and O–H groups in total. The first-order valence-electron chi connectivity index (χ1n) is 5.14.